The SMILES string of the molecule is CCN(CC)C(=O)Cn1cc(SCC(=O)Nc2ccc(OC)c(OC)c2)c2ccccc21. The average molecular weight is 456 g/mol. The van der Waals surface area contributed by atoms with Crippen LogP contribution in [0.15, 0.2) is 53.6 Å². The Morgan fingerprint density at radius 2 is 1.75 bits per heavy atom. The van der Waals surface area contributed by atoms with E-state index in [9.17, 15) is 9.59 Å². The summed E-state index contributed by atoms with van der Waals surface area (Å²) in [6.45, 7) is 5.61. The van der Waals surface area contributed by atoms with Crippen molar-refractivity contribution in [3.05, 3.63) is 48.7 Å². The lowest BCUT2D eigenvalue weighted by Gasteiger charge is -2.19. The number of hydrogen-bond donors (Lipinski definition) is 1. The zero-order chi connectivity index (χ0) is 23.1. The van der Waals surface area contributed by atoms with Crippen molar-refractivity contribution in [2.75, 3.05) is 38.4 Å². The highest BCUT2D eigenvalue weighted by Crippen LogP contribution is 2.32. The molecule has 7 nitrogen and oxygen atoms in total. The van der Waals surface area contributed by atoms with Gasteiger partial charge in [-0.15, -0.1) is 11.8 Å². The maximum Gasteiger partial charge on any atom is 0.242 e. The fourth-order valence-corrected chi connectivity index (χ4v) is 4.42. The van der Waals surface area contributed by atoms with Gasteiger partial charge >= 0.3 is 0 Å². The van der Waals surface area contributed by atoms with Crippen molar-refractivity contribution in [3.63, 3.8) is 0 Å². The smallest absolute Gasteiger partial charge is 0.242 e. The van der Waals surface area contributed by atoms with Crippen LogP contribution in [0.5, 0.6) is 11.5 Å². The monoisotopic (exact) mass is 455 g/mol. The lowest BCUT2D eigenvalue weighted by atomic mass is 10.2. The Morgan fingerprint density at radius 1 is 1.03 bits per heavy atom. The fourth-order valence-electron chi connectivity index (χ4n) is 3.54. The molecule has 32 heavy (non-hydrogen) atoms. The molecule has 1 heterocycles. The van der Waals surface area contributed by atoms with Gasteiger partial charge in [0.2, 0.25) is 11.8 Å². The molecule has 0 atom stereocenters. The van der Waals surface area contributed by atoms with Crippen LogP contribution in [-0.4, -0.2) is 54.3 Å². The van der Waals surface area contributed by atoms with E-state index in [4.69, 9.17) is 9.47 Å². The van der Waals surface area contributed by atoms with E-state index in [0.717, 1.165) is 15.8 Å². The first-order chi connectivity index (χ1) is 15.5. The standard InChI is InChI=1S/C24H29N3O4S/c1-5-26(6-2)24(29)15-27-14-22(18-9-7-8-10-19(18)27)32-16-23(28)25-17-11-12-20(30-3)21(13-17)31-4/h7-14H,5-6,15-16H2,1-4H3,(H,25,28). The van der Waals surface area contributed by atoms with E-state index < -0.39 is 0 Å². The molecule has 0 bridgehead atoms. The number of hydrogen-bond acceptors (Lipinski definition) is 5. The number of rotatable bonds is 10. The van der Waals surface area contributed by atoms with Crippen molar-refractivity contribution < 1.29 is 19.1 Å². The van der Waals surface area contributed by atoms with Gasteiger partial charge in [-0.1, -0.05) is 18.2 Å². The van der Waals surface area contributed by atoms with Crippen LogP contribution in [0.1, 0.15) is 13.8 Å². The van der Waals surface area contributed by atoms with Crippen LogP contribution in [0.2, 0.25) is 0 Å². The predicted octanol–water partition coefficient (Wildman–Crippen LogP) is 4.26. The number of carbonyl (C=O) groups excluding carboxylic acids is 2. The molecule has 0 unspecified atom stereocenters. The molecule has 0 saturated carbocycles. The molecule has 0 saturated heterocycles. The molecule has 3 rings (SSSR count). The van der Waals surface area contributed by atoms with E-state index in [1.807, 2.05) is 53.8 Å². The Bertz CT molecular complexity index is 1090. The first kappa shape index (κ1) is 23.5. The molecule has 1 N–H and O–H groups in total. The molecule has 0 radical (unpaired) electrons. The van der Waals surface area contributed by atoms with Crippen LogP contribution >= 0.6 is 11.8 Å². The van der Waals surface area contributed by atoms with Crippen LogP contribution in [-0.2, 0) is 16.1 Å². The molecular formula is C24H29N3O4S. The molecule has 0 aliphatic carbocycles. The zero-order valence-corrected chi connectivity index (χ0v) is 19.7. The summed E-state index contributed by atoms with van der Waals surface area (Å²) in [6, 6.07) is 13.2. The summed E-state index contributed by atoms with van der Waals surface area (Å²) in [6.07, 6.45) is 1.96. The number of carbonyl (C=O) groups is 2. The van der Waals surface area contributed by atoms with Gasteiger partial charge in [0.15, 0.2) is 11.5 Å². The maximum absolute atomic E-state index is 12.6. The second kappa shape index (κ2) is 10.9. The zero-order valence-electron chi connectivity index (χ0n) is 18.9. The second-order valence-corrected chi connectivity index (χ2v) is 8.13. The molecule has 170 valence electrons. The van der Waals surface area contributed by atoms with Gasteiger partial charge < -0.3 is 24.3 Å². The lowest BCUT2D eigenvalue weighted by Crippen LogP contribution is -2.33. The highest BCUT2D eigenvalue weighted by Gasteiger charge is 2.15. The van der Waals surface area contributed by atoms with Crippen molar-refractivity contribution in [1.29, 1.82) is 0 Å². The van der Waals surface area contributed by atoms with Gasteiger partial charge in [-0.05, 0) is 32.0 Å². The summed E-state index contributed by atoms with van der Waals surface area (Å²) in [4.78, 5) is 28.0. The third-order valence-electron chi connectivity index (χ3n) is 5.20. The number of methoxy groups -OCH3 is 2. The number of para-hydroxylation sites is 1. The van der Waals surface area contributed by atoms with E-state index in [-0.39, 0.29) is 24.1 Å². The van der Waals surface area contributed by atoms with Gasteiger partial charge in [0.05, 0.1) is 20.0 Å². The van der Waals surface area contributed by atoms with E-state index >= 15 is 0 Å². The van der Waals surface area contributed by atoms with E-state index in [2.05, 4.69) is 5.32 Å². The average Bonchev–Trinajstić information content (AvgIpc) is 3.15. The summed E-state index contributed by atoms with van der Waals surface area (Å²) in [5.41, 5.74) is 1.62. The van der Waals surface area contributed by atoms with Gasteiger partial charge in [-0.2, -0.15) is 0 Å². The molecule has 2 amide bonds. The van der Waals surface area contributed by atoms with Crippen LogP contribution in [0.3, 0.4) is 0 Å². The predicted molar refractivity (Wildman–Crippen MR) is 129 cm³/mol. The molecule has 3 aromatic rings. The minimum Gasteiger partial charge on any atom is -0.493 e. The van der Waals surface area contributed by atoms with Crippen molar-refractivity contribution in [1.82, 2.24) is 9.47 Å². The minimum atomic E-state index is -0.127. The Hall–Kier alpha value is -3.13. The Kier molecular flexibility index (Phi) is 8.05. The van der Waals surface area contributed by atoms with Gasteiger partial charge in [-0.25, -0.2) is 0 Å². The van der Waals surface area contributed by atoms with Crippen LogP contribution in [0.4, 0.5) is 5.69 Å². The Morgan fingerprint density at radius 3 is 2.44 bits per heavy atom. The highest BCUT2D eigenvalue weighted by molar-refractivity contribution is 8.00. The molecular weight excluding hydrogens is 426 g/mol. The number of anilines is 1. The third kappa shape index (κ3) is 5.37. The summed E-state index contributed by atoms with van der Waals surface area (Å²) in [7, 11) is 3.12. The van der Waals surface area contributed by atoms with E-state index in [0.29, 0.717) is 30.3 Å². The van der Waals surface area contributed by atoms with Crippen molar-refractivity contribution in [2.45, 2.75) is 25.3 Å². The maximum atomic E-state index is 12.6. The van der Waals surface area contributed by atoms with Crippen LogP contribution in [0.25, 0.3) is 10.9 Å². The number of nitrogens with one attached hydrogen (secondary N) is 1. The summed E-state index contributed by atoms with van der Waals surface area (Å²) >= 11 is 1.45. The van der Waals surface area contributed by atoms with Gasteiger partial charge in [0.1, 0.15) is 6.54 Å². The summed E-state index contributed by atoms with van der Waals surface area (Å²) in [5.74, 6) is 1.36. The van der Waals surface area contributed by atoms with Crippen LogP contribution < -0.4 is 14.8 Å². The van der Waals surface area contributed by atoms with E-state index in [1.165, 1.54) is 11.8 Å². The molecule has 0 spiro atoms. The molecule has 1 aromatic heterocycles. The van der Waals surface area contributed by atoms with Gasteiger partial charge in [0, 0.05) is 46.8 Å². The largest absolute Gasteiger partial charge is 0.493 e. The molecule has 0 aliphatic rings. The van der Waals surface area contributed by atoms with Crippen molar-refractivity contribution in [2.24, 2.45) is 0 Å². The van der Waals surface area contributed by atoms with Crippen molar-refractivity contribution in [3.8, 4) is 11.5 Å². The number of fused-ring (bicyclic) bond motifs is 1. The Balaban J connectivity index is 1.71. The normalized spacial score (nSPS) is 10.8. The van der Waals surface area contributed by atoms with Gasteiger partial charge in [-0.3, -0.25) is 9.59 Å². The second-order valence-electron chi connectivity index (χ2n) is 7.11. The molecule has 0 fully saturated rings. The number of nitrogens with zero attached hydrogens (tertiary/aromatic N) is 2. The summed E-state index contributed by atoms with van der Waals surface area (Å²) < 4.78 is 12.5. The number of aromatic nitrogens is 1. The molecule has 0 aliphatic heterocycles. The topological polar surface area (TPSA) is 72.8 Å². The van der Waals surface area contributed by atoms with Crippen molar-refractivity contribution >= 4 is 40.2 Å². The first-order valence-electron chi connectivity index (χ1n) is 10.5. The first-order valence-corrected chi connectivity index (χ1v) is 11.5. The lowest BCUT2D eigenvalue weighted by molar-refractivity contribution is -0.131. The summed E-state index contributed by atoms with van der Waals surface area (Å²) in [5, 5.41) is 3.92. The Labute approximate surface area is 192 Å². The van der Waals surface area contributed by atoms with Crippen LogP contribution in [0, 0.1) is 0 Å². The van der Waals surface area contributed by atoms with Gasteiger partial charge in [0.25, 0.3) is 0 Å². The number of ether oxygens (including phenoxy) is 2. The fraction of sp³-hybridized carbons (Fsp3) is 0.333. The minimum absolute atomic E-state index is 0.0819. The third-order valence-corrected chi connectivity index (χ3v) is 6.24. The number of benzene rings is 2. The molecule has 8 heteroatoms. The number of likely N-dealkylation sites (N-methyl/N-ethyl adjacent to an activating group) is 1. The number of amides is 2. The van der Waals surface area contributed by atoms with E-state index in [1.54, 1.807) is 32.4 Å². The molecule has 2 aromatic carbocycles. The quantitative estimate of drug-likeness (QED) is 0.463. The number of thioether (sulfide) groups is 1. The highest BCUT2D eigenvalue weighted by atomic mass is 32.2.